The minimum atomic E-state index is 0.116. The summed E-state index contributed by atoms with van der Waals surface area (Å²) in [6.07, 6.45) is 0.667. The zero-order chi connectivity index (χ0) is 20.1. The summed E-state index contributed by atoms with van der Waals surface area (Å²) in [5, 5.41) is 21.9. The van der Waals surface area contributed by atoms with Gasteiger partial charge < -0.3 is 15.5 Å². The van der Waals surface area contributed by atoms with Gasteiger partial charge in [-0.2, -0.15) is 0 Å². The van der Waals surface area contributed by atoms with Crippen molar-refractivity contribution in [1.82, 2.24) is 4.98 Å². The van der Waals surface area contributed by atoms with Crippen LogP contribution in [0.1, 0.15) is 32.8 Å². The number of hydrogen-bond donors (Lipinski definition) is 3. The number of aliphatic hydroxyl groups excluding tert-OH is 1. The molecule has 0 atom stereocenters. The van der Waals surface area contributed by atoms with Crippen LogP contribution in [0, 0.1) is 0 Å². The maximum Gasteiger partial charge on any atom is 0.127 e. The fourth-order valence-electron chi connectivity index (χ4n) is 3.03. The molecular formula is C24H28N2O2. The van der Waals surface area contributed by atoms with Crippen molar-refractivity contribution in [3.8, 4) is 28.1 Å². The van der Waals surface area contributed by atoms with E-state index in [1.165, 1.54) is 5.56 Å². The van der Waals surface area contributed by atoms with Crippen molar-refractivity contribution in [3.63, 3.8) is 0 Å². The molecule has 2 aromatic carbocycles. The number of nitrogens with one attached hydrogen (secondary N) is 1. The van der Waals surface area contributed by atoms with Gasteiger partial charge in [0.15, 0.2) is 0 Å². The van der Waals surface area contributed by atoms with Crippen LogP contribution in [0.2, 0.25) is 0 Å². The Morgan fingerprint density at radius 2 is 1.50 bits per heavy atom. The van der Waals surface area contributed by atoms with Gasteiger partial charge in [-0.05, 0) is 64.9 Å². The van der Waals surface area contributed by atoms with Crippen LogP contribution in [-0.2, 0) is 5.41 Å². The van der Waals surface area contributed by atoms with Gasteiger partial charge in [0, 0.05) is 18.7 Å². The highest BCUT2D eigenvalue weighted by Crippen LogP contribution is 2.30. The molecule has 0 unspecified atom stereocenters. The van der Waals surface area contributed by atoms with E-state index in [0.29, 0.717) is 13.0 Å². The van der Waals surface area contributed by atoms with Crippen molar-refractivity contribution >= 4 is 5.82 Å². The summed E-state index contributed by atoms with van der Waals surface area (Å²) in [5.41, 5.74) is 5.39. The molecule has 3 aromatic rings. The number of phenols is 1. The highest BCUT2D eigenvalue weighted by Gasteiger charge is 2.14. The molecule has 3 rings (SSSR count). The van der Waals surface area contributed by atoms with Crippen LogP contribution in [0.5, 0.6) is 5.75 Å². The summed E-state index contributed by atoms with van der Waals surface area (Å²) in [4.78, 5) is 4.71. The Kier molecular flexibility index (Phi) is 6.00. The fraction of sp³-hybridized carbons (Fsp3) is 0.292. The molecule has 0 spiro atoms. The topological polar surface area (TPSA) is 65.4 Å². The minimum absolute atomic E-state index is 0.116. The lowest BCUT2D eigenvalue weighted by Crippen LogP contribution is -2.10. The second kappa shape index (κ2) is 8.44. The first-order chi connectivity index (χ1) is 13.4. The average molecular weight is 377 g/mol. The molecule has 0 saturated carbocycles. The molecule has 0 aliphatic heterocycles. The molecular weight excluding hydrogens is 348 g/mol. The normalized spacial score (nSPS) is 11.4. The van der Waals surface area contributed by atoms with Crippen LogP contribution in [0.3, 0.4) is 0 Å². The van der Waals surface area contributed by atoms with Crippen molar-refractivity contribution in [3.05, 3.63) is 66.2 Å². The molecule has 0 bridgehead atoms. The summed E-state index contributed by atoms with van der Waals surface area (Å²) in [5.74, 6) is 1.01. The molecule has 4 nitrogen and oxygen atoms in total. The number of hydrogen-bond acceptors (Lipinski definition) is 4. The zero-order valence-electron chi connectivity index (χ0n) is 16.7. The molecule has 0 saturated heterocycles. The summed E-state index contributed by atoms with van der Waals surface area (Å²) < 4.78 is 0. The SMILES string of the molecule is CC(C)(C)c1ccc(-c2cc(NCCCO)nc(-c3ccc(O)cc3)c2)cc1. The van der Waals surface area contributed by atoms with Crippen LogP contribution in [0.25, 0.3) is 22.4 Å². The Labute approximate surface area is 166 Å². The van der Waals surface area contributed by atoms with Gasteiger partial charge in [0.1, 0.15) is 11.6 Å². The third-order valence-corrected chi connectivity index (χ3v) is 4.71. The van der Waals surface area contributed by atoms with Crippen molar-refractivity contribution in [2.75, 3.05) is 18.5 Å². The Bertz CT molecular complexity index is 911. The smallest absolute Gasteiger partial charge is 0.127 e. The van der Waals surface area contributed by atoms with E-state index in [-0.39, 0.29) is 17.8 Å². The molecule has 0 aliphatic rings. The van der Waals surface area contributed by atoms with Gasteiger partial charge in [-0.25, -0.2) is 4.98 Å². The van der Waals surface area contributed by atoms with Gasteiger partial charge in [0.2, 0.25) is 0 Å². The molecule has 1 aromatic heterocycles. The lowest BCUT2D eigenvalue weighted by Gasteiger charge is -2.19. The molecule has 3 N–H and O–H groups in total. The van der Waals surface area contributed by atoms with E-state index >= 15 is 0 Å². The number of aromatic hydroxyl groups is 1. The van der Waals surface area contributed by atoms with Gasteiger partial charge in [-0.15, -0.1) is 0 Å². The van der Waals surface area contributed by atoms with E-state index in [4.69, 9.17) is 10.1 Å². The average Bonchev–Trinajstić information content (AvgIpc) is 2.68. The van der Waals surface area contributed by atoms with Gasteiger partial charge in [0.25, 0.3) is 0 Å². The molecule has 4 heteroatoms. The van der Waals surface area contributed by atoms with E-state index in [0.717, 1.165) is 28.2 Å². The number of aliphatic hydroxyl groups is 1. The Balaban J connectivity index is 2.00. The predicted molar refractivity (Wildman–Crippen MR) is 116 cm³/mol. The minimum Gasteiger partial charge on any atom is -0.508 e. The predicted octanol–water partition coefficient (Wildman–Crippen LogP) is 5.21. The summed E-state index contributed by atoms with van der Waals surface area (Å²) >= 11 is 0. The molecule has 1 heterocycles. The fourth-order valence-corrected chi connectivity index (χ4v) is 3.03. The quantitative estimate of drug-likeness (QED) is 0.517. The third-order valence-electron chi connectivity index (χ3n) is 4.71. The summed E-state index contributed by atoms with van der Waals surface area (Å²) in [6, 6.07) is 19.8. The van der Waals surface area contributed by atoms with E-state index in [2.05, 4.69) is 56.4 Å². The van der Waals surface area contributed by atoms with Crippen molar-refractivity contribution in [2.24, 2.45) is 0 Å². The first-order valence-electron chi connectivity index (χ1n) is 9.64. The van der Waals surface area contributed by atoms with Crippen LogP contribution >= 0.6 is 0 Å². The molecule has 0 radical (unpaired) electrons. The molecule has 0 amide bonds. The summed E-state index contributed by atoms with van der Waals surface area (Å²) in [7, 11) is 0. The Morgan fingerprint density at radius 3 is 2.11 bits per heavy atom. The van der Waals surface area contributed by atoms with Gasteiger partial charge >= 0.3 is 0 Å². The second-order valence-corrected chi connectivity index (χ2v) is 8.00. The highest BCUT2D eigenvalue weighted by molar-refractivity contribution is 5.74. The van der Waals surface area contributed by atoms with Gasteiger partial charge in [0.05, 0.1) is 5.69 Å². The van der Waals surface area contributed by atoms with E-state index in [1.807, 2.05) is 18.2 Å². The number of nitrogens with zero attached hydrogens (tertiary/aromatic N) is 1. The zero-order valence-corrected chi connectivity index (χ0v) is 16.7. The van der Waals surface area contributed by atoms with Gasteiger partial charge in [-0.1, -0.05) is 45.0 Å². The molecule has 28 heavy (non-hydrogen) atoms. The standard InChI is InChI=1S/C24H28N2O2/c1-24(2,3)20-9-5-17(6-10-20)19-15-22(18-7-11-21(28)12-8-18)26-23(16-19)25-13-4-14-27/h5-12,15-16,27-28H,4,13-14H2,1-3H3,(H,25,26). The maximum atomic E-state index is 9.57. The van der Waals surface area contributed by atoms with Crippen LogP contribution < -0.4 is 5.32 Å². The largest absolute Gasteiger partial charge is 0.508 e. The Hall–Kier alpha value is -2.85. The van der Waals surface area contributed by atoms with Crippen LogP contribution in [0.4, 0.5) is 5.82 Å². The number of rotatable bonds is 6. The van der Waals surface area contributed by atoms with Crippen LogP contribution in [0.15, 0.2) is 60.7 Å². The number of anilines is 1. The molecule has 146 valence electrons. The van der Waals surface area contributed by atoms with Crippen molar-refractivity contribution < 1.29 is 10.2 Å². The Morgan fingerprint density at radius 1 is 0.857 bits per heavy atom. The molecule has 0 aliphatic carbocycles. The maximum absolute atomic E-state index is 9.57. The van der Waals surface area contributed by atoms with Gasteiger partial charge in [-0.3, -0.25) is 0 Å². The molecule has 0 fully saturated rings. The highest BCUT2D eigenvalue weighted by atomic mass is 16.3. The lowest BCUT2D eigenvalue weighted by molar-refractivity contribution is 0.292. The van der Waals surface area contributed by atoms with E-state index in [9.17, 15) is 5.11 Å². The number of aromatic nitrogens is 1. The third kappa shape index (κ3) is 4.90. The van der Waals surface area contributed by atoms with E-state index in [1.54, 1.807) is 12.1 Å². The monoisotopic (exact) mass is 376 g/mol. The lowest BCUT2D eigenvalue weighted by atomic mass is 9.86. The number of phenolic OH excluding ortho intramolecular Hbond substituents is 1. The van der Waals surface area contributed by atoms with Crippen molar-refractivity contribution in [1.29, 1.82) is 0 Å². The summed E-state index contributed by atoms with van der Waals surface area (Å²) in [6.45, 7) is 7.43. The number of pyridine rings is 1. The number of benzene rings is 2. The van der Waals surface area contributed by atoms with Crippen LogP contribution in [-0.4, -0.2) is 28.3 Å². The second-order valence-electron chi connectivity index (χ2n) is 8.00. The van der Waals surface area contributed by atoms with Crippen molar-refractivity contribution in [2.45, 2.75) is 32.6 Å². The first-order valence-corrected chi connectivity index (χ1v) is 9.64. The first kappa shape index (κ1) is 19.9. The van der Waals surface area contributed by atoms with E-state index < -0.39 is 0 Å².